The lowest BCUT2D eigenvalue weighted by Crippen LogP contribution is -2.31. The second-order valence-electron chi connectivity index (χ2n) is 6.26. The monoisotopic (exact) mass is 371 g/mol. The van der Waals surface area contributed by atoms with Gasteiger partial charge in [-0.3, -0.25) is 19.2 Å². The largest absolute Gasteiger partial charge is 0.497 e. The van der Waals surface area contributed by atoms with Crippen LogP contribution >= 0.6 is 0 Å². The molecule has 4 amide bonds. The molecule has 142 valence electrons. The maximum atomic E-state index is 12.5. The van der Waals surface area contributed by atoms with Crippen LogP contribution in [0.3, 0.4) is 0 Å². The molecule has 1 aromatic heterocycles. The molecule has 0 spiro atoms. The van der Waals surface area contributed by atoms with Gasteiger partial charge in [-0.15, -0.1) is 0 Å². The van der Waals surface area contributed by atoms with E-state index in [4.69, 9.17) is 4.74 Å². The van der Waals surface area contributed by atoms with E-state index in [9.17, 15) is 14.4 Å². The number of benzene rings is 1. The van der Waals surface area contributed by atoms with Gasteiger partial charge in [0, 0.05) is 19.7 Å². The van der Waals surface area contributed by atoms with Crippen LogP contribution in [-0.2, 0) is 23.2 Å². The summed E-state index contributed by atoms with van der Waals surface area (Å²) in [6.07, 6.45) is 3.56. The third-order valence-corrected chi connectivity index (χ3v) is 4.26. The highest BCUT2D eigenvalue weighted by atomic mass is 16.5. The van der Waals surface area contributed by atoms with E-state index in [1.54, 1.807) is 49.3 Å². The molecule has 1 saturated heterocycles. The van der Waals surface area contributed by atoms with E-state index in [0.29, 0.717) is 11.4 Å². The van der Waals surface area contributed by atoms with Gasteiger partial charge in [-0.05, 0) is 24.1 Å². The zero-order chi connectivity index (χ0) is 19.4. The highest BCUT2D eigenvalue weighted by Gasteiger charge is 2.37. The van der Waals surface area contributed by atoms with Gasteiger partial charge in [0.05, 0.1) is 25.5 Å². The third kappa shape index (κ3) is 4.43. The van der Waals surface area contributed by atoms with Gasteiger partial charge in [-0.1, -0.05) is 12.1 Å². The molecule has 27 heavy (non-hydrogen) atoms. The number of anilines is 1. The first kappa shape index (κ1) is 18.4. The number of nitrogens with zero attached hydrogens (tertiary/aromatic N) is 3. The van der Waals surface area contributed by atoms with Crippen molar-refractivity contribution in [1.82, 2.24) is 20.0 Å². The molecule has 1 aromatic carbocycles. The average molecular weight is 371 g/mol. The molecule has 2 aromatic rings. The van der Waals surface area contributed by atoms with Gasteiger partial charge in [0.2, 0.25) is 5.91 Å². The maximum absolute atomic E-state index is 12.5. The minimum Gasteiger partial charge on any atom is -0.497 e. The number of urea groups is 1. The zero-order valence-electron chi connectivity index (χ0n) is 15.1. The Hall–Kier alpha value is -3.36. The van der Waals surface area contributed by atoms with Gasteiger partial charge in [0.15, 0.2) is 0 Å². The first-order valence-corrected chi connectivity index (χ1v) is 8.49. The zero-order valence-corrected chi connectivity index (χ0v) is 15.1. The summed E-state index contributed by atoms with van der Waals surface area (Å²) < 4.78 is 6.67. The smallest absolute Gasteiger partial charge is 0.325 e. The van der Waals surface area contributed by atoms with Crippen LogP contribution in [0.1, 0.15) is 18.4 Å². The molecule has 0 unspecified atom stereocenters. The number of hydrogen-bond acceptors (Lipinski definition) is 5. The Kier molecular flexibility index (Phi) is 5.39. The lowest BCUT2D eigenvalue weighted by molar-refractivity contribution is -0.128. The quantitative estimate of drug-likeness (QED) is 0.713. The molecule has 1 aliphatic heterocycles. The number of amides is 4. The summed E-state index contributed by atoms with van der Waals surface area (Å²) >= 11 is 0. The minimum atomic E-state index is -0.699. The molecule has 0 aliphatic carbocycles. The molecule has 2 heterocycles. The fourth-order valence-electron chi connectivity index (χ4n) is 2.82. The van der Waals surface area contributed by atoms with Crippen molar-refractivity contribution < 1.29 is 19.1 Å². The molecule has 1 aliphatic rings. The van der Waals surface area contributed by atoms with Crippen molar-refractivity contribution in [3.63, 3.8) is 0 Å². The van der Waals surface area contributed by atoms with Crippen LogP contribution in [0.4, 0.5) is 10.5 Å². The fraction of sp³-hybridized carbons (Fsp3) is 0.333. The van der Waals surface area contributed by atoms with E-state index in [1.165, 1.54) is 6.20 Å². The summed E-state index contributed by atoms with van der Waals surface area (Å²) in [7, 11) is 3.32. The number of ether oxygens (including phenoxy) is 1. The van der Waals surface area contributed by atoms with Crippen molar-refractivity contribution in [2.75, 3.05) is 12.4 Å². The molecule has 0 radical (unpaired) electrons. The summed E-state index contributed by atoms with van der Waals surface area (Å²) in [5.74, 6) is 0.136. The van der Waals surface area contributed by atoms with E-state index in [2.05, 4.69) is 15.7 Å². The van der Waals surface area contributed by atoms with Crippen LogP contribution in [0.25, 0.3) is 0 Å². The first-order chi connectivity index (χ1) is 13.0. The number of carbonyl (C=O) groups excluding carboxylic acids is 3. The van der Waals surface area contributed by atoms with Crippen LogP contribution in [0, 0.1) is 0 Å². The number of nitrogens with one attached hydrogen (secondary N) is 2. The van der Waals surface area contributed by atoms with Crippen molar-refractivity contribution in [3.05, 3.63) is 42.2 Å². The van der Waals surface area contributed by atoms with Crippen molar-refractivity contribution in [3.8, 4) is 5.75 Å². The number of imide groups is 1. The Bertz CT molecular complexity index is 846. The highest BCUT2D eigenvalue weighted by molar-refractivity contribution is 6.04. The van der Waals surface area contributed by atoms with E-state index in [-0.39, 0.29) is 31.2 Å². The Morgan fingerprint density at radius 3 is 2.67 bits per heavy atom. The third-order valence-electron chi connectivity index (χ3n) is 4.26. The van der Waals surface area contributed by atoms with Gasteiger partial charge in [0.25, 0.3) is 5.91 Å². The standard InChI is InChI=1S/C18H21N5O4/c1-22-11-13(9-19-22)20-16(24)8-7-15-17(25)23(18(26)21-15)10-12-3-5-14(27-2)6-4-12/h3-6,9,11,15H,7-8,10H2,1-2H3,(H,20,24)(H,21,26)/t15-/m1/s1. The number of carbonyl (C=O) groups is 3. The molecule has 2 N–H and O–H groups in total. The molecule has 0 saturated carbocycles. The maximum Gasteiger partial charge on any atom is 0.325 e. The molecule has 3 rings (SSSR count). The van der Waals surface area contributed by atoms with Crippen LogP contribution in [0.2, 0.25) is 0 Å². The van der Waals surface area contributed by atoms with Crippen molar-refractivity contribution >= 4 is 23.5 Å². The predicted octanol–water partition coefficient (Wildman–Crippen LogP) is 1.27. The summed E-state index contributed by atoms with van der Waals surface area (Å²) in [4.78, 5) is 37.8. The number of aryl methyl sites for hydroxylation is 1. The topological polar surface area (TPSA) is 106 Å². The molecule has 9 nitrogen and oxygen atoms in total. The number of rotatable bonds is 7. The van der Waals surface area contributed by atoms with Crippen molar-refractivity contribution in [2.45, 2.75) is 25.4 Å². The van der Waals surface area contributed by atoms with Crippen molar-refractivity contribution in [2.24, 2.45) is 7.05 Å². The molecular weight excluding hydrogens is 350 g/mol. The number of methoxy groups -OCH3 is 1. The Balaban J connectivity index is 1.52. The SMILES string of the molecule is COc1ccc(CN2C(=O)N[C@H](CCC(=O)Nc3cnn(C)c3)C2=O)cc1. The van der Waals surface area contributed by atoms with E-state index in [1.807, 2.05) is 0 Å². The summed E-state index contributed by atoms with van der Waals surface area (Å²) in [5, 5.41) is 9.31. The second-order valence-corrected chi connectivity index (χ2v) is 6.26. The highest BCUT2D eigenvalue weighted by Crippen LogP contribution is 2.18. The van der Waals surface area contributed by atoms with Crippen LogP contribution in [0.15, 0.2) is 36.7 Å². The average Bonchev–Trinajstić information content (AvgIpc) is 3.18. The Labute approximate surface area is 156 Å². The normalized spacial score (nSPS) is 16.4. The van der Waals surface area contributed by atoms with E-state index >= 15 is 0 Å². The molecule has 0 bridgehead atoms. The van der Waals surface area contributed by atoms with Gasteiger partial charge >= 0.3 is 6.03 Å². The lowest BCUT2D eigenvalue weighted by Gasteiger charge is -2.13. The first-order valence-electron chi connectivity index (χ1n) is 8.49. The molecule has 1 fully saturated rings. The molecule has 9 heteroatoms. The lowest BCUT2D eigenvalue weighted by atomic mass is 10.1. The molecule has 1 atom stereocenters. The number of aromatic nitrogens is 2. The summed E-state index contributed by atoms with van der Waals surface area (Å²) in [6, 6.07) is 5.99. The van der Waals surface area contributed by atoms with E-state index in [0.717, 1.165) is 10.5 Å². The Morgan fingerprint density at radius 1 is 1.30 bits per heavy atom. The minimum absolute atomic E-state index is 0.113. The second kappa shape index (κ2) is 7.90. The van der Waals surface area contributed by atoms with E-state index < -0.39 is 12.1 Å². The van der Waals surface area contributed by atoms with Crippen LogP contribution in [0.5, 0.6) is 5.75 Å². The van der Waals surface area contributed by atoms with Crippen LogP contribution in [-0.4, -0.2) is 45.7 Å². The summed E-state index contributed by atoms with van der Waals surface area (Å²) in [6.45, 7) is 0.174. The fourth-order valence-corrected chi connectivity index (χ4v) is 2.82. The van der Waals surface area contributed by atoms with Gasteiger partial charge in [-0.25, -0.2) is 4.79 Å². The van der Waals surface area contributed by atoms with Gasteiger partial charge < -0.3 is 15.4 Å². The number of hydrogen-bond donors (Lipinski definition) is 2. The van der Waals surface area contributed by atoms with Gasteiger partial charge in [0.1, 0.15) is 11.8 Å². The van der Waals surface area contributed by atoms with Crippen molar-refractivity contribution in [1.29, 1.82) is 0 Å². The predicted molar refractivity (Wildman–Crippen MR) is 96.9 cm³/mol. The summed E-state index contributed by atoms with van der Waals surface area (Å²) in [5.41, 5.74) is 1.40. The Morgan fingerprint density at radius 2 is 2.04 bits per heavy atom. The van der Waals surface area contributed by atoms with Gasteiger partial charge in [-0.2, -0.15) is 5.10 Å². The van der Waals surface area contributed by atoms with Crippen LogP contribution < -0.4 is 15.4 Å². The molecular formula is C18H21N5O4.